The summed E-state index contributed by atoms with van der Waals surface area (Å²) >= 11 is 0. The lowest BCUT2D eigenvalue weighted by molar-refractivity contribution is 0.183. The monoisotopic (exact) mass is 189 g/mol. The fourth-order valence-electron chi connectivity index (χ4n) is 2.36. The van der Waals surface area contributed by atoms with E-state index in [1.807, 2.05) is 0 Å². The molecule has 0 amide bonds. The Morgan fingerprint density at radius 3 is 2.64 bits per heavy atom. The molecule has 1 aliphatic rings. The summed E-state index contributed by atoms with van der Waals surface area (Å²) in [7, 11) is 0. The van der Waals surface area contributed by atoms with Crippen molar-refractivity contribution in [2.75, 3.05) is 6.54 Å². The third-order valence-electron chi connectivity index (χ3n) is 3.46. The lowest BCUT2D eigenvalue weighted by Crippen LogP contribution is -2.33. The summed E-state index contributed by atoms with van der Waals surface area (Å²) in [6.07, 6.45) is 3.94. The number of rotatable bonds is 3. The van der Waals surface area contributed by atoms with E-state index in [2.05, 4.69) is 31.2 Å². The van der Waals surface area contributed by atoms with Gasteiger partial charge >= 0.3 is 0 Å². The first kappa shape index (κ1) is 9.72. The van der Waals surface area contributed by atoms with Gasteiger partial charge in [0.1, 0.15) is 0 Å². The fraction of sp³-hybridized carbons (Fsp3) is 0.538. The molecule has 2 N–H and O–H groups in total. The predicted molar refractivity (Wildman–Crippen MR) is 60.2 cm³/mol. The zero-order valence-corrected chi connectivity index (χ0v) is 8.87. The molecule has 1 nitrogen and oxygen atoms in total. The van der Waals surface area contributed by atoms with Gasteiger partial charge in [-0.1, -0.05) is 29.8 Å². The molecule has 2 atom stereocenters. The molecule has 0 saturated heterocycles. The second-order valence-electron chi connectivity index (χ2n) is 4.53. The Balaban J connectivity index is 1.97. The van der Waals surface area contributed by atoms with Gasteiger partial charge in [0.15, 0.2) is 0 Å². The molecule has 1 saturated carbocycles. The van der Waals surface area contributed by atoms with Crippen molar-refractivity contribution in [2.24, 2.45) is 17.6 Å². The van der Waals surface area contributed by atoms with Crippen LogP contribution < -0.4 is 5.73 Å². The highest BCUT2D eigenvalue weighted by Gasteiger charge is 2.29. The summed E-state index contributed by atoms with van der Waals surface area (Å²) < 4.78 is 0. The van der Waals surface area contributed by atoms with Crippen molar-refractivity contribution < 1.29 is 0 Å². The third-order valence-corrected chi connectivity index (χ3v) is 3.46. The van der Waals surface area contributed by atoms with E-state index in [-0.39, 0.29) is 0 Å². The van der Waals surface area contributed by atoms with Crippen LogP contribution in [-0.2, 0) is 6.42 Å². The Morgan fingerprint density at radius 2 is 2.07 bits per heavy atom. The summed E-state index contributed by atoms with van der Waals surface area (Å²) in [6, 6.07) is 8.84. The minimum absolute atomic E-state index is 0.788. The summed E-state index contributed by atoms with van der Waals surface area (Å²) in [6.45, 7) is 3.03. The van der Waals surface area contributed by atoms with Gasteiger partial charge in [-0.05, 0) is 50.1 Å². The Hall–Kier alpha value is -0.820. The van der Waals surface area contributed by atoms with E-state index in [0.717, 1.165) is 18.4 Å². The smallest absolute Gasteiger partial charge is 0.00461 e. The lowest BCUT2D eigenvalue weighted by Gasteiger charge is -2.36. The Morgan fingerprint density at radius 1 is 1.29 bits per heavy atom. The Labute approximate surface area is 86.3 Å². The highest BCUT2D eigenvalue weighted by Crippen LogP contribution is 2.35. The molecule has 1 aromatic carbocycles. The van der Waals surface area contributed by atoms with Gasteiger partial charge in [0.2, 0.25) is 0 Å². The number of benzene rings is 1. The maximum absolute atomic E-state index is 5.71. The van der Waals surface area contributed by atoms with Crippen LogP contribution in [0.2, 0.25) is 0 Å². The molecule has 2 unspecified atom stereocenters. The van der Waals surface area contributed by atoms with Crippen LogP contribution in [0.25, 0.3) is 0 Å². The molecule has 1 aliphatic carbocycles. The highest BCUT2D eigenvalue weighted by atomic mass is 14.6. The van der Waals surface area contributed by atoms with Crippen LogP contribution in [0.1, 0.15) is 24.0 Å². The van der Waals surface area contributed by atoms with Gasteiger partial charge in [0.25, 0.3) is 0 Å². The molecule has 0 bridgehead atoms. The average Bonchev–Trinajstić information content (AvgIpc) is 2.14. The second-order valence-corrected chi connectivity index (χ2v) is 4.53. The standard InChI is InChI=1S/C13H19N/c1-10-3-2-4-11(7-10)8-12-5-6-13(12)9-14/h2-4,7,12-13H,5-6,8-9,14H2,1H3. The normalized spacial score (nSPS) is 25.9. The SMILES string of the molecule is Cc1cccc(CC2CCC2CN)c1. The van der Waals surface area contributed by atoms with Gasteiger partial charge in [0, 0.05) is 0 Å². The number of nitrogens with two attached hydrogens (primary N) is 1. The van der Waals surface area contributed by atoms with Crippen molar-refractivity contribution in [3.8, 4) is 0 Å². The number of hydrogen-bond donors (Lipinski definition) is 1. The summed E-state index contributed by atoms with van der Waals surface area (Å²) in [5.74, 6) is 1.64. The van der Waals surface area contributed by atoms with Crippen molar-refractivity contribution in [1.29, 1.82) is 0 Å². The summed E-state index contributed by atoms with van der Waals surface area (Å²) in [4.78, 5) is 0. The van der Waals surface area contributed by atoms with Gasteiger partial charge in [-0.3, -0.25) is 0 Å². The maximum Gasteiger partial charge on any atom is -0.00461 e. The first-order valence-electron chi connectivity index (χ1n) is 5.55. The minimum Gasteiger partial charge on any atom is -0.330 e. The van der Waals surface area contributed by atoms with Crippen molar-refractivity contribution in [2.45, 2.75) is 26.2 Å². The van der Waals surface area contributed by atoms with E-state index in [9.17, 15) is 0 Å². The van der Waals surface area contributed by atoms with E-state index >= 15 is 0 Å². The van der Waals surface area contributed by atoms with Crippen molar-refractivity contribution in [1.82, 2.24) is 0 Å². The van der Waals surface area contributed by atoms with Crippen LogP contribution in [0.15, 0.2) is 24.3 Å². The fourth-order valence-corrected chi connectivity index (χ4v) is 2.36. The molecule has 0 aliphatic heterocycles. The molecule has 2 rings (SSSR count). The van der Waals surface area contributed by atoms with Crippen LogP contribution in [0.3, 0.4) is 0 Å². The molecular formula is C13H19N. The van der Waals surface area contributed by atoms with Crippen LogP contribution in [-0.4, -0.2) is 6.54 Å². The van der Waals surface area contributed by atoms with Crippen LogP contribution in [0.4, 0.5) is 0 Å². The Bertz CT molecular complexity index is 304. The van der Waals surface area contributed by atoms with Gasteiger partial charge in [0.05, 0.1) is 0 Å². The minimum atomic E-state index is 0.788. The zero-order valence-electron chi connectivity index (χ0n) is 8.87. The topological polar surface area (TPSA) is 26.0 Å². The van der Waals surface area contributed by atoms with Gasteiger partial charge < -0.3 is 5.73 Å². The van der Waals surface area contributed by atoms with Crippen molar-refractivity contribution >= 4 is 0 Å². The third kappa shape index (κ3) is 1.98. The Kier molecular flexibility index (Phi) is 2.87. The molecule has 76 valence electrons. The van der Waals surface area contributed by atoms with Crippen molar-refractivity contribution in [3.05, 3.63) is 35.4 Å². The highest BCUT2D eigenvalue weighted by molar-refractivity contribution is 5.23. The predicted octanol–water partition coefficient (Wildman–Crippen LogP) is 2.52. The van der Waals surface area contributed by atoms with Crippen LogP contribution in [0, 0.1) is 18.8 Å². The molecule has 1 heteroatoms. The molecule has 1 aromatic rings. The molecule has 0 heterocycles. The van der Waals surface area contributed by atoms with E-state index < -0.39 is 0 Å². The second kappa shape index (κ2) is 4.14. The lowest BCUT2D eigenvalue weighted by atomic mass is 9.71. The molecule has 14 heavy (non-hydrogen) atoms. The first-order valence-corrected chi connectivity index (χ1v) is 5.55. The van der Waals surface area contributed by atoms with E-state index in [0.29, 0.717) is 0 Å². The van der Waals surface area contributed by atoms with E-state index in [4.69, 9.17) is 5.73 Å². The molecular weight excluding hydrogens is 170 g/mol. The quantitative estimate of drug-likeness (QED) is 0.777. The summed E-state index contributed by atoms with van der Waals surface area (Å²) in [5.41, 5.74) is 8.55. The van der Waals surface area contributed by atoms with Crippen LogP contribution >= 0.6 is 0 Å². The van der Waals surface area contributed by atoms with E-state index in [1.165, 1.54) is 30.4 Å². The van der Waals surface area contributed by atoms with Gasteiger partial charge in [-0.2, -0.15) is 0 Å². The number of aryl methyl sites for hydroxylation is 1. The number of hydrogen-bond acceptors (Lipinski definition) is 1. The molecule has 0 radical (unpaired) electrons. The molecule has 0 aromatic heterocycles. The average molecular weight is 189 g/mol. The zero-order chi connectivity index (χ0) is 9.97. The molecule has 1 fully saturated rings. The van der Waals surface area contributed by atoms with Crippen LogP contribution in [0.5, 0.6) is 0 Å². The van der Waals surface area contributed by atoms with Gasteiger partial charge in [-0.15, -0.1) is 0 Å². The van der Waals surface area contributed by atoms with Gasteiger partial charge in [-0.25, -0.2) is 0 Å². The van der Waals surface area contributed by atoms with Crippen molar-refractivity contribution in [3.63, 3.8) is 0 Å². The summed E-state index contributed by atoms with van der Waals surface area (Å²) in [5, 5.41) is 0. The molecule has 0 spiro atoms. The maximum atomic E-state index is 5.71. The first-order chi connectivity index (χ1) is 6.79. The van der Waals surface area contributed by atoms with E-state index in [1.54, 1.807) is 0 Å². The largest absolute Gasteiger partial charge is 0.330 e.